The first kappa shape index (κ1) is 27.4. The number of carbonyl (C=O) groups excluding carboxylic acids is 2. The van der Waals surface area contributed by atoms with Crippen molar-refractivity contribution >= 4 is 29.2 Å². The SMILES string of the molecule is CC[C@H](C)N(CC(=O)N1CCCN(c2ccc(-c3cccc(OC)c3)nn2)CC1)C(=O)c1ccc(Cl)cc1. The fourth-order valence-corrected chi connectivity index (χ4v) is 4.60. The maximum Gasteiger partial charge on any atom is 0.254 e. The first-order valence-corrected chi connectivity index (χ1v) is 13.3. The molecule has 4 rings (SSSR count). The second-order valence-electron chi connectivity index (χ2n) is 9.43. The fourth-order valence-electron chi connectivity index (χ4n) is 4.48. The number of ether oxygens (including phenoxy) is 1. The first-order chi connectivity index (χ1) is 18.4. The molecule has 2 aromatic carbocycles. The summed E-state index contributed by atoms with van der Waals surface area (Å²) in [5, 5.41) is 9.46. The highest BCUT2D eigenvalue weighted by Crippen LogP contribution is 2.23. The molecule has 2 heterocycles. The molecule has 38 heavy (non-hydrogen) atoms. The summed E-state index contributed by atoms with van der Waals surface area (Å²) >= 11 is 5.99. The molecule has 0 aliphatic carbocycles. The molecule has 9 heteroatoms. The largest absolute Gasteiger partial charge is 0.497 e. The lowest BCUT2D eigenvalue weighted by atomic mass is 10.1. The zero-order valence-corrected chi connectivity index (χ0v) is 22.9. The van der Waals surface area contributed by atoms with Crippen molar-refractivity contribution in [1.29, 1.82) is 0 Å². The van der Waals surface area contributed by atoms with Crippen molar-refractivity contribution in [3.8, 4) is 17.0 Å². The second-order valence-corrected chi connectivity index (χ2v) is 9.86. The molecule has 3 aromatic rings. The normalized spacial score (nSPS) is 14.5. The van der Waals surface area contributed by atoms with Crippen molar-refractivity contribution in [2.45, 2.75) is 32.7 Å². The zero-order valence-electron chi connectivity index (χ0n) is 22.1. The summed E-state index contributed by atoms with van der Waals surface area (Å²) in [7, 11) is 1.64. The zero-order chi connectivity index (χ0) is 27.1. The van der Waals surface area contributed by atoms with E-state index < -0.39 is 0 Å². The molecule has 1 fully saturated rings. The van der Waals surface area contributed by atoms with E-state index in [1.807, 2.05) is 55.1 Å². The molecule has 2 amide bonds. The minimum absolute atomic E-state index is 0.0471. The Balaban J connectivity index is 1.39. The molecule has 0 saturated carbocycles. The summed E-state index contributed by atoms with van der Waals surface area (Å²) < 4.78 is 5.31. The highest BCUT2D eigenvalue weighted by Gasteiger charge is 2.27. The minimum Gasteiger partial charge on any atom is -0.497 e. The highest BCUT2D eigenvalue weighted by molar-refractivity contribution is 6.30. The van der Waals surface area contributed by atoms with Crippen LogP contribution in [0.1, 0.15) is 37.0 Å². The van der Waals surface area contributed by atoms with Gasteiger partial charge in [0.25, 0.3) is 5.91 Å². The topological polar surface area (TPSA) is 78.9 Å². The van der Waals surface area contributed by atoms with Gasteiger partial charge in [0, 0.05) is 48.4 Å². The Kier molecular flexibility index (Phi) is 9.18. The lowest BCUT2D eigenvalue weighted by Crippen LogP contribution is -2.47. The average Bonchev–Trinajstić information content (AvgIpc) is 3.22. The summed E-state index contributed by atoms with van der Waals surface area (Å²) in [6.45, 7) is 6.64. The summed E-state index contributed by atoms with van der Waals surface area (Å²) in [6, 6.07) is 18.4. The van der Waals surface area contributed by atoms with Crippen LogP contribution in [0.3, 0.4) is 0 Å². The number of methoxy groups -OCH3 is 1. The Morgan fingerprint density at radius 3 is 2.50 bits per heavy atom. The molecule has 0 bridgehead atoms. The number of carbonyl (C=O) groups is 2. The molecule has 0 radical (unpaired) electrons. The molecular weight excluding hydrogens is 502 g/mol. The Labute approximate surface area is 229 Å². The summed E-state index contributed by atoms with van der Waals surface area (Å²) in [6.07, 6.45) is 1.56. The molecule has 200 valence electrons. The van der Waals surface area contributed by atoms with Crippen LogP contribution in [0.15, 0.2) is 60.7 Å². The van der Waals surface area contributed by atoms with Crippen molar-refractivity contribution in [2.24, 2.45) is 0 Å². The van der Waals surface area contributed by atoms with Crippen molar-refractivity contribution < 1.29 is 14.3 Å². The van der Waals surface area contributed by atoms with Crippen LogP contribution in [0.25, 0.3) is 11.3 Å². The van der Waals surface area contributed by atoms with E-state index in [4.69, 9.17) is 16.3 Å². The molecule has 0 spiro atoms. The fraction of sp³-hybridized carbons (Fsp3) is 0.379. The molecule has 8 nitrogen and oxygen atoms in total. The third kappa shape index (κ3) is 6.61. The summed E-state index contributed by atoms with van der Waals surface area (Å²) in [4.78, 5) is 32.2. The number of anilines is 1. The number of benzene rings is 2. The van der Waals surface area contributed by atoms with Gasteiger partial charge in [-0.05, 0) is 68.3 Å². The third-order valence-electron chi connectivity index (χ3n) is 6.97. The maximum atomic E-state index is 13.3. The van der Waals surface area contributed by atoms with Crippen LogP contribution in [0.2, 0.25) is 5.02 Å². The van der Waals surface area contributed by atoms with Gasteiger partial charge in [0.05, 0.1) is 12.8 Å². The number of hydrogen-bond donors (Lipinski definition) is 0. The number of hydrogen-bond acceptors (Lipinski definition) is 6. The van der Waals surface area contributed by atoms with Crippen molar-refractivity contribution in [3.63, 3.8) is 0 Å². The molecule has 1 aromatic heterocycles. The number of amides is 2. The van der Waals surface area contributed by atoms with E-state index in [-0.39, 0.29) is 24.4 Å². The van der Waals surface area contributed by atoms with E-state index in [2.05, 4.69) is 15.1 Å². The monoisotopic (exact) mass is 535 g/mol. The predicted octanol–water partition coefficient (Wildman–Crippen LogP) is 4.79. The van der Waals surface area contributed by atoms with Gasteiger partial charge in [0.2, 0.25) is 5.91 Å². The standard InChI is InChI=1S/C29H34ClN5O3/c1-4-21(2)35(29(37)22-9-11-24(30)12-10-22)20-28(36)34-16-6-15-33(17-18-34)27-14-13-26(31-32-27)23-7-5-8-25(19-23)38-3/h5,7-14,19,21H,4,6,15-18,20H2,1-3H3/t21-/m0/s1. The van der Waals surface area contributed by atoms with Crippen molar-refractivity contribution in [3.05, 3.63) is 71.2 Å². The van der Waals surface area contributed by atoms with Crippen LogP contribution >= 0.6 is 11.6 Å². The van der Waals surface area contributed by atoms with Crippen molar-refractivity contribution in [1.82, 2.24) is 20.0 Å². The van der Waals surface area contributed by atoms with E-state index in [9.17, 15) is 9.59 Å². The second kappa shape index (κ2) is 12.7. The first-order valence-electron chi connectivity index (χ1n) is 13.0. The summed E-state index contributed by atoms with van der Waals surface area (Å²) in [5.74, 6) is 1.35. The Morgan fingerprint density at radius 2 is 1.82 bits per heavy atom. The lowest BCUT2D eigenvalue weighted by Gasteiger charge is -2.31. The van der Waals surface area contributed by atoms with Gasteiger partial charge in [-0.25, -0.2) is 0 Å². The van der Waals surface area contributed by atoms with E-state index in [0.717, 1.165) is 42.2 Å². The lowest BCUT2D eigenvalue weighted by molar-refractivity contribution is -0.132. The predicted molar refractivity (Wildman–Crippen MR) is 150 cm³/mol. The average molecular weight is 536 g/mol. The van der Waals surface area contributed by atoms with Gasteiger partial charge in [-0.3, -0.25) is 9.59 Å². The van der Waals surface area contributed by atoms with Gasteiger partial charge in [0.1, 0.15) is 12.3 Å². The Morgan fingerprint density at radius 1 is 1.03 bits per heavy atom. The van der Waals surface area contributed by atoms with Gasteiger partial charge in [-0.1, -0.05) is 30.7 Å². The van der Waals surface area contributed by atoms with Crippen LogP contribution in [0, 0.1) is 0 Å². The van der Waals surface area contributed by atoms with Gasteiger partial charge in [-0.15, -0.1) is 10.2 Å². The Hall–Kier alpha value is -3.65. The van der Waals surface area contributed by atoms with Crippen LogP contribution in [-0.4, -0.2) is 77.7 Å². The quantitative estimate of drug-likeness (QED) is 0.413. The highest BCUT2D eigenvalue weighted by atomic mass is 35.5. The van der Waals surface area contributed by atoms with Crippen LogP contribution in [0.4, 0.5) is 5.82 Å². The van der Waals surface area contributed by atoms with E-state index in [1.165, 1.54) is 0 Å². The molecular formula is C29H34ClN5O3. The van der Waals surface area contributed by atoms with E-state index >= 15 is 0 Å². The van der Waals surface area contributed by atoms with E-state index in [0.29, 0.717) is 30.2 Å². The molecule has 1 atom stereocenters. The Bertz CT molecular complexity index is 1240. The van der Waals surface area contributed by atoms with Gasteiger partial charge < -0.3 is 19.4 Å². The molecule has 1 aliphatic rings. The minimum atomic E-state index is -0.160. The molecule has 1 saturated heterocycles. The number of halogens is 1. The van der Waals surface area contributed by atoms with Gasteiger partial charge in [0.15, 0.2) is 5.82 Å². The molecule has 0 unspecified atom stereocenters. The van der Waals surface area contributed by atoms with E-state index in [1.54, 1.807) is 36.3 Å². The van der Waals surface area contributed by atoms with Crippen LogP contribution < -0.4 is 9.64 Å². The van der Waals surface area contributed by atoms with Crippen molar-refractivity contribution in [2.75, 3.05) is 44.7 Å². The number of rotatable bonds is 8. The van der Waals surface area contributed by atoms with Gasteiger partial charge >= 0.3 is 0 Å². The van der Waals surface area contributed by atoms with Gasteiger partial charge in [-0.2, -0.15) is 0 Å². The number of aromatic nitrogens is 2. The van der Waals surface area contributed by atoms with Crippen LogP contribution in [0.5, 0.6) is 5.75 Å². The van der Waals surface area contributed by atoms with Crippen LogP contribution in [-0.2, 0) is 4.79 Å². The summed E-state index contributed by atoms with van der Waals surface area (Å²) in [5.41, 5.74) is 2.24. The molecule has 1 aliphatic heterocycles. The number of nitrogens with zero attached hydrogens (tertiary/aromatic N) is 5. The molecule has 0 N–H and O–H groups in total. The maximum absolute atomic E-state index is 13.3. The smallest absolute Gasteiger partial charge is 0.254 e. The third-order valence-corrected chi connectivity index (χ3v) is 7.22.